The fraction of sp³-hybridized carbons (Fsp3) is 0.300. The van der Waals surface area contributed by atoms with Crippen molar-refractivity contribution in [1.82, 2.24) is 4.98 Å². The normalized spacial score (nSPS) is 16.1. The van der Waals surface area contributed by atoms with Gasteiger partial charge in [0.05, 0.1) is 0 Å². The number of aromatic nitrogens is 1. The highest BCUT2D eigenvalue weighted by atomic mass is 79.9. The van der Waals surface area contributed by atoms with Crippen LogP contribution in [-0.2, 0) is 5.54 Å². The van der Waals surface area contributed by atoms with Crippen LogP contribution in [0.4, 0.5) is 13.2 Å². The molecule has 0 aliphatic heterocycles. The molecule has 0 radical (unpaired) electrons. The molecular formula is C10H8BrF3N2O. The third-order valence-corrected chi connectivity index (χ3v) is 2.88. The molecule has 2 N–H and O–H groups in total. The molecule has 1 unspecified atom stereocenters. The Hall–Kier alpha value is -1.08. The van der Waals surface area contributed by atoms with Gasteiger partial charge in [0.1, 0.15) is 5.52 Å². The summed E-state index contributed by atoms with van der Waals surface area (Å²) in [5, 5.41) is 0. The van der Waals surface area contributed by atoms with Gasteiger partial charge in [-0.1, -0.05) is 15.9 Å². The molecular weight excluding hydrogens is 301 g/mol. The smallest absolute Gasteiger partial charge is 0.415 e. The lowest BCUT2D eigenvalue weighted by atomic mass is 10.0. The first-order valence-electron chi connectivity index (χ1n) is 4.64. The summed E-state index contributed by atoms with van der Waals surface area (Å²) in [4.78, 5) is 3.77. The summed E-state index contributed by atoms with van der Waals surface area (Å²) in [6, 6.07) is 4.75. The topological polar surface area (TPSA) is 52.0 Å². The maximum absolute atomic E-state index is 12.7. The van der Waals surface area contributed by atoms with Crippen molar-refractivity contribution >= 4 is 27.0 Å². The summed E-state index contributed by atoms with van der Waals surface area (Å²) in [6.07, 6.45) is -4.62. The van der Waals surface area contributed by atoms with Crippen molar-refractivity contribution in [3.63, 3.8) is 0 Å². The number of nitrogens with zero attached hydrogens (tertiary/aromatic N) is 1. The SMILES string of the molecule is CC(N)(c1nc2cc(Br)ccc2o1)C(F)(F)F. The number of hydrogen-bond acceptors (Lipinski definition) is 3. The maximum atomic E-state index is 12.7. The molecule has 2 aromatic rings. The maximum Gasteiger partial charge on any atom is 0.415 e. The van der Waals surface area contributed by atoms with Gasteiger partial charge in [0.25, 0.3) is 0 Å². The van der Waals surface area contributed by atoms with E-state index in [9.17, 15) is 13.2 Å². The molecule has 0 saturated heterocycles. The third-order valence-electron chi connectivity index (χ3n) is 2.38. The second kappa shape index (κ2) is 3.71. The Labute approximate surface area is 103 Å². The minimum Gasteiger partial charge on any atom is -0.438 e. The van der Waals surface area contributed by atoms with E-state index >= 15 is 0 Å². The summed E-state index contributed by atoms with van der Waals surface area (Å²) >= 11 is 3.20. The Bertz CT molecular complexity index is 562. The first kappa shape index (κ1) is 12.4. The van der Waals surface area contributed by atoms with Crippen LogP contribution in [0.2, 0.25) is 0 Å². The number of benzene rings is 1. The van der Waals surface area contributed by atoms with Crippen LogP contribution in [0.15, 0.2) is 27.1 Å². The fourth-order valence-electron chi connectivity index (χ4n) is 1.24. The number of hydrogen-bond donors (Lipinski definition) is 1. The Morgan fingerprint density at radius 2 is 2.00 bits per heavy atom. The second-order valence-electron chi connectivity index (χ2n) is 3.83. The molecule has 0 saturated carbocycles. The molecule has 3 nitrogen and oxygen atoms in total. The first-order chi connectivity index (χ1) is 7.72. The monoisotopic (exact) mass is 308 g/mol. The summed E-state index contributed by atoms with van der Waals surface area (Å²) in [5.41, 5.74) is 3.22. The predicted molar refractivity (Wildman–Crippen MR) is 59.3 cm³/mol. The van der Waals surface area contributed by atoms with Crippen molar-refractivity contribution in [2.24, 2.45) is 5.73 Å². The summed E-state index contributed by atoms with van der Waals surface area (Å²) in [5.74, 6) is -0.543. The van der Waals surface area contributed by atoms with Crippen LogP contribution in [0.1, 0.15) is 12.8 Å². The zero-order valence-corrected chi connectivity index (χ0v) is 10.3. The number of nitrogens with two attached hydrogens (primary N) is 1. The second-order valence-corrected chi connectivity index (χ2v) is 4.75. The Morgan fingerprint density at radius 3 is 2.59 bits per heavy atom. The zero-order chi connectivity index (χ0) is 12.8. The van der Waals surface area contributed by atoms with Gasteiger partial charge in [-0.05, 0) is 25.1 Å². The average molecular weight is 309 g/mol. The lowest BCUT2D eigenvalue weighted by molar-refractivity contribution is -0.189. The molecule has 0 fully saturated rings. The Kier molecular flexibility index (Phi) is 2.70. The molecule has 1 aromatic carbocycles. The van der Waals surface area contributed by atoms with Crippen LogP contribution in [0.5, 0.6) is 0 Å². The van der Waals surface area contributed by atoms with Crippen molar-refractivity contribution in [3.8, 4) is 0 Å². The molecule has 0 spiro atoms. The van der Waals surface area contributed by atoms with Gasteiger partial charge in [0, 0.05) is 4.47 Å². The van der Waals surface area contributed by atoms with Crippen LogP contribution in [0.25, 0.3) is 11.1 Å². The fourth-order valence-corrected chi connectivity index (χ4v) is 1.59. The zero-order valence-electron chi connectivity index (χ0n) is 8.68. The Morgan fingerprint density at radius 1 is 1.35 bits per heavy atom. The van der Waals surface area contributed by atoms with E-state index in [0.717, 1.165) is 6.92 Å². The highest BCUT2D eigenvalue weighted by Gasteiger charge is 2.53. The van der Waals surface area contributed by atoms with E-state index in [2.05, 4.69) is 20.9 Å². The molecule has 1 heterocycles. The standard InChI is InChI=1S/C10H8BrF3N2O/c1-9(15,10(12,13)14)8-16-6-4-5(11)2-3-7(6)17-8/h2-4H,15H2,1H3. The van der Waals surface area contributed by atoms with Crippen molar-refractivity contribution in [2.75, 3.05) is 0 Å². The van der Waals surface area contributed by atoms with Crippen LogP contribution in [0.3, 0.4) is 0 Å². The van der Waals surface area contributed by atoms with Gasteiger partial charge in [0.15, 0.2) is 11.1 Å². The van der Waals surface area contributed by atoms with Gasteiger partial charge in [-0.15, -0.1) is 0 Å². The van der Waals surface area contributed by atoms with E-state index in [0.29, 0.717) is 9.99 Å². The van der Waals surface area contributed by atoms with Gasteiger partial charge >= 0.3 is 6.18 Å². The van der Waals surface area contributed by atoms with Gasteiger partial charge in [0.2, 0.25) is 5.89 Å². The number of alkyl halides is 3. The van der Waals surface area contributed by atoms with Crippen LogP contribution < -0.4 is 5.73 Å². The highest BCUT2D eigenvalue weighted by Crippen LogP contribution is 2.37. The minimum atomic E-state index is -4.62. The summed E-state index contributed by atoms with van der Waals surface area (Å²) < 4.78 is 43.8. The number of oxazole rings is 1. The van der Waals surface area contributed by atoms with E-state index in [4.69, 9.17) is 10.2 Å². The number of halogens is 4. The Balaban J connectivity index is 2.57. The quantitative estimate of drug-likeness (QED) is 0.879. The van der Waals surface area contributed by atoms with Crippen LogP contribution in [-0.4, -0.2) is 11.2 Å². The molecule has 0 bridgehead atoms. The van der Waals surface area contributed by atoms with Crippen molar-refractivity contribution in [1.29, 1.82) is 0 Å². The van der Waals surface area contributed by atoms with Crippen molar-refractivity contribution < 1.29 is 17.6 Å². The van der Waals surface area contributed by atoms with E-state index in [1.54, 1.807) is 12.1 Å². The number of rotatable bonds is 1. The van der Waals surface area contributed by atoms with Crippen molar-refractivity contribution in [2.45, 2.75) is 18.6 Å². The van der Waals surface area contributed by atoms with E-state index in [1.807, 2.05) is 0 Å². The molecule has 17 heavy (non-hydrogen) atoms. The molecule has 0 aliphatic rings. The third kappa shape index (κ3) is 2.04. The van der Waals surface area contributed by atoms with E-state index < -0.39 is 17.6 Å². The average Bonchev–Trinajstić information content (AvgIpc) is 2.58. The summed E-state index contributed by atoms with van der Waals surface area (Å²) in [6.45, 7) is 0.826. The van der Waals surface area contributed by atoms with E-state index in [-0.39, 0.29) is 5.58 Å². The number of fused-ring (bicyclic) bond motifs is 1. The highest BCUT2D eigenvalue weighted by molar-refractivity contribution is 9.10. The molecule has 1 aromatic heterocycles. The van der Waals surface area contributed by atoms with E-state index in [1.165, 1.54) is 6.07 Å². The first-order valence-corrected chi connectivity index (χ1v) is 5.43. The lowest BCUT2D eigenvalue weighted by Crippen LogP contribution is -2.47. The van der Waals surface area contributed by atoms with Crippen LogP contribution in [0, 0.1) is 0 Å². The molecule has 2 rings (SSSR count). The summed E-state index contributed by atoms with van der Waals surface area (Å²) in [7, 11) is 0. The molecule has 0 aliphatic carbocycles. The predicted octanol–water partition coefficient (Wildman–Crippen LogP) is 3.33. The minimum absolute atomic E-state index is 0.268. The van der Waals surface area contributed by atoms with Gasteiger partial charge in [-0.2, -0.15) is 13.2 Å². The molecule has 0 amide bonds. The van der Waals surface area contributed by atoms with Gasteiger partial charge in [-0.25, -0.2) is 4.98 Å². The molecule has 7 heteroatoms. The van der Waals surface area contributed by atoms with Crippen molar-refractivity contribution in [3.05, 3.63) is 28.6 Å². The van der Waals surface area contributed by atoms with Gasteiger partial charge in [-0.3, -0.25) is 0 Å². The van der Waals surface area contributed by atoms with Gasteiger partial charge < -0.3 is 10.2 Å². The molecule has 1 atom stereocenters. The largest absolute Gasteiger partial charge is 0.438 e. The molecule has 92 valence electrons. The lowest BCUT2D eigenvalue weighted by Gasteiger charge is -2.23. The van der Waals surface area contributed by atoms with Crippen LogP contribution >= 0.6 is 15.9 Å².